The molecule has 2 N–H and O–H groups in total. The Hall–Kier alpha value is -2.97. The summed E-state index contributed by atoms with van der Waals surface area (Å²) in [5.74, 6) is 2.40. The third-order valence-corrected chi connectivity index (χ3v) is 4.54. The van der Waals surface area contributed by atoms with Crippen LogP contribution in [0, 0.1) is 12.7 Å². The van der Waals surface area contributed by atoms with Crippen molar-refractivity contribution in [1.82, 2.24) is 30.4 Å². The second-order valence-corrected chi connectivity index (χ2v) is 6.44. The molecule has 2 aromatic heterocycles. The first-order valence-electron chi connectivity index (χ1n) is 8.94. The Bertz CT molecular complexity index is 815. The average Bonchev–Trinajstić information content (AvgIpc) is 3.25. The summed E-state index contributed by atoms with van der Waals surface area (Å²) in [5.41, 5.74) is 0. The summed E-state index contributed by atoms with van der Waals surface area (Å²) in [6, 6.07) is 3.18. The Morgan fingerprint density at radius 2 is 2.33 bits per heavy atom. The van der Waals surface area contributed by atoms with Crippen LogP contribution in [0.15, 0.2) is 36.0 Å². The molecule has 1 saturated heterocycles. The normalized spacial score (nSPS) is 17.2. The van der Waals surface area contributed by atoms with Gasteiger partial charge in [0.1, 0.15) is 12.4 Å². The summed E-state index contributed by atoms with van der Waals surface area (Å²) in [7, 11) is 1.92. The van der Waals surface area contributed by atoms with Crippen molar-refractivity contribution in [3.8, 4) is 0 Å². The maximum Gasteiger partial charge on any atom is 0.192 e. The van der Waals surface area contributed by atoms with Gasteiger partial charge >= 0.3 is 0 Å². The van der Waals surface area contributed by atoms with Crippen LogP contribution >= 0.6 is 0 Å². The highest BCUT2D eigenvalue weighted by molar-refractivity contribution is 5.80. The number of rotatable bonds is 6. The van der Waals surface area contributed by atoms with Gasteiger partial charge in [0.15, 0.2) is 23.4 Å². The van der Waals surface area contributed by atoms with Crippen molar-refractivity contribution in [2.75, 3.05) is 24.5 Å². The highest BCUT2D eigenvalue weighted by atomic mass is 19.1. The van der Waals surface area contributed by atoms with Crippen molar-refractivity contribution >= 4 is 11.8 Å². The first kappa shape index (κ1) is 18.8. The molecule has 0 aliphatic carbocycles. The van der Waals surface area contributed by atoms with Crippen molar-refractivity contribution in [2.45, 2.75) is 25.9 Å². The molecule has 0 aromatic carbocycles. The Balaban J connectivity index is 1.64. The summed E-state index contributed by atoms with van der Waals surface area (Å²) < 4.78 is 15.9. The van der Waals surface area contributed by atoms with Crippen molar-refractivity contribution in [3.05, 3.63) is 48.5 Å². The maximum absolute atomic E-state index is 14.0. The van der Waals surface area contributed by atoms with Crippen LogP contribution in [0.4, 0.5) is 10.2 Å². The predicted octanol–water partition coefficient (Wildman–Crippen LogP) is 1.16. The molecule has 1 atom stereocenters. The van der Waals surface area contributed by atoms with E-state index in [1.54, 1.807) is 18.3 Å². The van der Waals surface area contributed by atoms with Crippen LogP contribution in [-0.2, 0) is 13.6 Å². The molecule has 8 nitrogen and oxygen atoms in total. The SMILES string of the molecule is C=CCNC(=NCc1nnc(C)n1C)NC1CCN(c2ncccc2F)C1. The number of hydrogen-bond donors (Lipinski definition) is 2. The highest BCUT2D eigenvalue weighted by Gasteiger charge is 2.26. The van der Waals surface area contributed by atoms with Gasteiger partial charge in [-0.25, -0.2) is 14.4 Å². The van der Waals surface area contributed by atoms with E-state index in [1.807, 2.05) is 23.4 Å². The van der Waals surface area contributed by atoms with E-state index < -0.39 is 0 Å². The maximum atomic E-state index is 14.0. The number of nitrogens with zero attached hydrogens (tertiary/aromatic N) is 6. The molecule has 3 heterocycles. The number of hydrogen-bond acceptors (Lipinski definition) is 5. The fourth-order valence-corrected chi connectivity index (χ4v) is 2.93. The second kappa shape index (κ2) is 8.61. The van der Waals surface area contributed by atoms with Crippen LogP contribution in [0.5, 0.6) is 0 Å². The average molecular weight is 372 g/mol. The Kier molecular flexibility index (Phi) is 6.00. The van der Waals surface area contributed by atoms with E-state index in [2.05, 4.69) is 37.4 Å². The quantitative estimate of drug-likeness (QED) is 0.450. The molecule has 144 valence electrons. The molecular formula is C18H25FN8. The van der Waals surface area contributed by atoms with Gasteiger partial charge in [0, 0.05) is 38.9 Å². The second-order valence-electron chi connectivity index (χ2n) is 6.44. The minimum absolute atomic E-state index is 0.142. The molecule has 0 radical (unpaired) electrons. The van der Waals surface area contributed by atoms with Gasteiger partial charge in [-0.3, -0.25) is 0 Å². The lowest BCUT2D eigenvalue weighted by Crippen LogP contribution is -2.44. The zero-order valence-electron chi connectivity index (χ0n) is 15.7. The van der Waals surface area contributed by atoms with Crippen LogP contribution in [0.2, 0.25) is 0 Å². The van der Waals surface area contributed by atoms with E-state index in [0.29, 0.717) is 31.4 Å². The lowest BCUT2D eigenvalue weighted by molar-refractivity contribution is 0.612. The van der Waals surface area contributed by atoms with Crippen molar-refractivity contribution in [2.24, 2.45) is 12.0 Å². The first-order chi connectivity index (χ1) is 13.1. The summed E-state index contributed by atoms with van der Waals surface area (Å²) in [5, 5.41) is 14.8. The van der Waals surface area contributed by atoms with Crippen LogP contribution in [0.25, 0.3) is 0 Å². The van der Waals surface area contributed by atoms with Gasteiger partial charge in [-0.05, 0) is 25.5 Å². The molecule has 1 fully saturated rings. The van der Waals surface area contributed by atoms with E-state index in [4.69, 9.17) is 0 Å². The summed E-state index contributed by atoms with van der Waals surface area (Å²) in [6.07, 6.45) is 4.25. The topological polar surface area (TPSA) is 83.3 Å². The molecule has 0 amide bonds. The van der Waals surface area contributed by atoms with Crippen molar-refractivity contribution in [3.63, 3.8) is 0 Å². The van der Waals surface area contributed by atoms with E-state index in [0.717, 1.165) is 24.6 Å². The van der Waals surface area contributed by atoms with Crippen LogP contribution in [0.3, 0.4) is 0 Å². The zero-order chi connectivity index (χ0) is 19.2. The Labute approximate surface area is 158 Å². The molecular weight excluding hydrogens is 347 g/mol. The molecule has 1 unspecified atom stereocenters. The lowest BCUT2D eigenvalue weighted by Gasteiger charge is -2.20. The molecule has 0 saturated carbocycles. The standard InChI is InChI=1S/C18H25FN8/c1-4-8-21-18(22-11-16-25-24-13(2)26(16)3)23-14-7-10-27(12-14)17-15(19)6-5-9-20-17/h4-6,9,14H,1,7-8,10-12H2,2-3H3,(H2,21,22,23). The van der Waals surface area contributed by atoms with Gasteiger partial charge in [0.05, 0.1) is 0 Å². The number of aryl methyl sites for hydroxylation is 1. The molecule has 27 heavy (non-hydrogen) atoms. The number of aliphatic imine (C=N–C) groups is 1. The molecule has 3 rings (SSSR count). The zero-order valence-corrected chi connectivity index (χ0v) is 15.7. The summed E-state index contributed by atoms with van der Waals surface area (Å²) in [6.45, 7) is 8.04. The van der Waals surface area contributed by atoms with Crippen LogP contribution in [-0.4, -0.2) is 51.4 Å². The molecule has 0 bridgehead atoms. The number of halogens is 1. The third-order valence-electron chi connectivity index (χ3n) is 4.54. The molecule has 1 aliphatic rings. The van der Waals surface area contributed by atoms with Gasteiger partial charge < -0.3 is 20.1 Å². The smallest absolute Gasteiger partial charge is 0.192 e. The number of nitrogens with one attached hydrogen (secondary N) is 2. The lowest BCUT2D eigenvalue weighted by atomic mass is 10.3. The summed E-state index contributed by atoms with van der Waals surface area (Å²) in [4.78, 5) is 10.7. The predicted molar refractivity (Wildman–Crippen MR) is 103 cm³/mol. The largest absolute Gasteiger partial charge is 0.353 e. The van der Waals surface area contributed by atoms with Crippen molar-refractivity contribution < 1.29 is 4.39 Å². The van der Waals surface area contributed by atoms with Gasteiger partial charge in [-0.1, -0.05) is 6.08 Å². The fraction of sp³-hybridized carbons (Fsp3) is 0.444. The van der Waals surface area contributed by atoms with Crippen LogP contribution < -0.4 is 15.5 Å². The minimum atomic E-state index is -0.297. The first-order valence-corrected chi connectivity index (χ1v) is 8.94. The number of anilines is 1. The molecule has 9 heteroatoms. The van der Waals surface area contributed by atoms with E-state index in [1.165, 1.54) is 6.07 Å². The van der Waals surface area contributed by atoms with Gasteiger partial charge in [0.25, 0.3) is 0 Å². The number of pyridine rings is 1. The fourth-order valence-electron chi connectivity index (χ4n) is 2.93. The van der Waals surface area contributed by atoms with E-state index >= 15 is 0 Å². The Morgan fingerprint density at radius 3 is 3.04 bits per heavy atom. The van der Waals surface area contributed by atoms with E-state index in [9.17, 15) is 4.39 Å². The summed E-state index contributed by atoms with van der Waals surface area (Å²) >= 11 is 0. The molecule has 2 aromatic rings. The minimum Gasteiger partial charge on any atom is -0.353 e. The van der Waals surface area contributed by atoms with Gasteiger partial charge in [-0.15, -0.1) is 16.8 Å². The highest BCUT2D eigenvalue weighted by Crippen LogP contribution is 2.20. The Morgan fingerprint density at radius 1 is 1.48 bits per heavy atom. The monoisotopic (exact) mass is 372 g/mol. The van der Waals surface area contributed by atoms with Gasteiger partial charge in [0.2, 0.25) is 0 Å². The molecule has 1 aliphatic heterocycles. The number of guanidine groups is 1. The third kappa shape index (κ3) is 4.60. The van der Waals surface area contributed by atoms with E-state index in [-0.39, 0.29) is 11.9 Å². The van der Waals surface area contributed by atoms with Crippen LogP contribution in [0.1, 0.15) is 18.1 Å². The number of aromatic nitrogens is 4. The molecule has 0 spiro atoms. The van der Waals surface area contributed by atoms with Gasteiger partial charge in [-0.2, -0.15) is 0 Å². The van der Waals surface area contributed by atoms with Crippen molar-refractivity contribution in [1.29, 1.82) is 0 Å².